The predicted molar refractivity (Wildman–Crippen MR) is 73.7 cm³/mol. The monoisotopic (exact) mass is 252 g/mol. The van der Waals surface area contributed by atoms with Gasteiger partial charge in [0, 0.05) is 29.8 Å². The van der Waals surface area contributed by atoms with E-state index in [-0.39, 0.29) is 5.82 Å². The number of hydrogen-bond acceptors (Lipinski definition) is 1. The number of nitrogens with zero attached hydrogens (tertiary/aromatic N) is 2. The molecule has 94 valence electrons. The van der Waals surface area contributed by atoms with Gasteiger partial charge in [0.25, 0.3) is 0 Å². The summed E-state index contributed by atoms with van der Waals surface area (Å²) in [5, 5.41) is 0. The van der Waals surface area contributed by atoms with E-state index >= 15 is 0 Å². The maximum absolute atomic E-state index is 13.3. The van der Waals surface area contributed by atoms with E-state index < -0.39 is 0 Å². The first-order valence-electron chi connectivity index (χ1n) is 6.10. The van der Waals surface area contributed by atoms with Gasteiger partial charge in [0.2, 0.25) is 0 Å². The van der Waals surface area contributed by atoms with Crippen molar-refractivity contribution in [2.75, 3.05) is 0 Å². The second-order valence-electron chi connectivity index (χ2n) is 4.46. The quantitative estimate of drug-likeness (QED) is 0.674. The van der Waals surface area contributed by atoms with Crippen molar-refractivity contribution >= 4 is 0 Å². The minimum Gasteiger partial charge on any atom is -0.323 e. The van der Waals surface area contributed by atoms with Gasteiger partial charge in [-0.1, -0.05) is 12.1 Å². The highest BCUT2D eigenvalue weighted by Crippen LogP contribution is 2.24. The number of aromatic nitrogens is 2. The van der Waals surface area contributed by atoms with Crippen LogP contribution in [0.25, 0.3) is 16.9 Å². The first-order valence-corrected chi connectivity index (χ1v) is 6.10. The Labute approximate surface area is 111 Å². The van der Waals surface area contributed by atoms with Gasteiger partial charge in [-0.15, -0.1) is 0 Å². The van der Waals surface area contributed by atoms with Gasteiger partial charge >= 0.3 is 0 Å². The van der Waals surface area contributed by atoms with Crippen LogP contribution in [0.5, 0.6) is 0 Å². The standard InChI is InChI=1S/C16H13FN2/c1-12-10-19(14-6-4-5-13(17)9-14)11-15(12)16-7-2-3-8-18-16/h2-11H,1H3. The van der Waals surface area contributed by atoms with Gasteiger partial charge in [0.15, 0.2) is 0 Å². The lowest BCUT2D eigenvalue weighted by molar-refractivity contribution is 0.626. The summed E-state index contributed by atoms with van der Waals surface area (Å²) in [5.74, 6) is -0.233. The molecule has 3 aromatic rings. The minimum absolute atomic E-state index is 0.233. The third-order valence-corrected chi connectivity index (χ3v) is 3.07. The smallest absolute Gasteiger partial charge is 0.125 e. The molecule has 2 aromatic heterocycles. The summed E-state index contributed by atoms with van der Waals surface area (Å²) in [6.45, 7) is 2.03. The fourth-order valence-corrected chi connectivity index (χ4v) is 2.13. The zero-order chi connectivity index (χ0) is 13.2. The maximum atomic E-state index is 13.3. The minimum atomic E-state index is -0.233. The van der Waals surface area contributed by atoms with Gasteiger partial charge in [-0.2, -0.15) is 0 Å². The number of aryl methyl sites for hydroxylation is 1. The zero-order valence-corrected chi connectivity index (χ0v) is 10.5. The molecule has 0 saturated heterocycles. The van der Waals surface area contributed by atoms with Crippen LogP contribution >= 0.6 is 0 Å². The first-order chi connectivity index (χ1) is 9.24. The van der Waals surface area contributed by atoms with Crippen molar-refractivity contribution in [3.8, 4) is 16.9 Å². The molecule has 0 aliphatic heterocycles. The second kappa shape index (κ2) is 4.69. The Morgan fingerprint density at radius 3 is 2.68 bits per heavy atom. The molecule has 0 spiro atoms. The number of rotatable bonds is 2. The largest absolute Gasteiger partial charge is 0.323 e. The lowest BCUT2D eigenvalue weighted by atomic mass is 10.1. The van der Waals surface area contributed by atoms with Crippen LogP contribution in [-0.2, 0) is 0 Å². The van der Waals surface area contributed by atoms with Crippen LogP contribution in [0.15, 0.2) is 61.1 Å². The predicted octanol–water partition coefficient (Wildman–Crippen LogP) is 3.99. The van der Waals surface area contributed by atoms with Gasteiger partial charge in [-0.3, -0.25) is 4.98 Å². The molecule has 0 saturated carbocycles. The van der Waals surface area contributed by atoms with Gasteiger partial charge in [-0.25, -0.2) is 4.39 Å². The summed E-state index contributed by atoms with van der Waals surface area (Å²) in [6.07, 6.45) is 5.74. The normalized spacial score (nSPS) is 10.6. The van der Waals surface area contributed by atoms with Crippen LogP contribution in [0.2, 0.25) is 0 Å². The molecule has 0 atom stereocenters. The van der Waals surface area contributed by atoms with Crippen molar-refractivity contribution in [1.82, 2.24) is 9.55 Å². The molecule has 2 nitrogen and oxygen atoms in total. The van der Waals surface area contributed by atoms with Crippen molar-refractivity contribution in [2.24, 2.45) is 0 Å². The number of benzene rings is 1. The van der Waals surface area contributed by atoms with E-state index in [0.717, 1.165) is 22.5 Å². The van der Waals surface area contributed by atoms with Crippen LogP contribution in [0.3, 0.4) is 0 Å². The van der Waals surface area contributed by atoms with Crippen LogP contribution in [0, 0.1) is 12.7 Å². The van der Waals surface area contributed by atoms with Crippen LogP contribution in [-0.4, -0.2) is 9.55 Å². The fourth-order valence-electron chi connectivity index (χ4n) is 2.13. The van der Waals surface area contributed by atoms with E-state index in [0.29, 0.717) is 0 Å². The Morgan fingerprint density at radius 1 is 1.05 bits per heavy atom. The molecule has 1 aromatic carbocycles. The van der Waals surface area contributed by atoms with Gasteiger partial charge in [0.1, 0.15) is 5.82 Å². The van der Waals surface area contributed by atoms with Crippen molar-refractivity contribution in [3.05, 3.63) is 72.4 Å². The molecule has 19 heavy (non-hydrogen) atoms. The maximum Gasteiger partial charge on any atom is 0.125 e. The summed E-state index contributed by atoms with van der Waals surface area (Å²) >= 11 is 0. The van der Waals surface area contributed by atoms with Crippen LogP contribution < -0.4 is 0 Å². The molecule has 0 radical (unpaired) electrons. The zero-order valence-electron chi connectivity index (χ0n) is 10.5. The summed E-state index contributed by atoms with van der Waals surface area (Å²) in [5.41, 5.74) is 3.91. The first kappa shape index (κ1) is 11.7. The SMILES string of the molecule is Cc1cn(-c2cccc(F)c2)cc1-c1ccccn1. The Hall–Kier alpha value is -2.42. The van der Waals surface area contributed by atoms with E-state index in [1.165, 1.54) is 12.1 Å². The van der Waals surface area contributed by atoms with E-state index in [4.69, 9.17) is 0 Å². The highest BCUT2D eigenvalue weighted by molar-refractivity contribution is 5.63. The Morgan fingerprint density at radius 2 is 1.95 bits per heavy atom. The van der Waals surface area contributed by atoms with Crippen molar-refractivity contribution in [3.63, 3.8) is 0 Å². The fraction of sp³-hybridized carbons (Fsp3) is 0.0625. The molecular weight excluding hydrogens is 239 g/mol. The third kappa shape index (κ3) is 2.27. The Bertz CT molecular complexity index is 702. The molecule has 0 fully saturated rings. The summed E-state index contributed by atoms with van der Waals surface area (Å²) in [4.78, 5) is 4.35. The van der Waals surface area contributed by atoms with Crippen molar-refractivity contribution in [1.29, 1.82) is 0 Å². The van der Waals surface area contributed by atoms with E-state index in [1.807, 2.05) is 48.1 Å². The van der Waals surface area contributed by atoms with E-state index in [9.17, 15) is 4.39 Å². The summed E-state index contributed by atoms with van der Waals surface area (Å²) in [7, 11) is 0. The molecule has 0 unspecified atom stereocenters. The number of halogens is 1. The van der Waals surface area contributed by atoms with Gasteiger partial charge < -0.3 is 4.57 Å². The van der Waals surface area contributed by atoms with Crippen molar-refractivity contribution < 1.29 is 4.39 Å². The Balaban J connectivity index is 2.07. The van der Waals surface area contributed by atoms with E-state index in [2.05, 4.69) is 4.98 Å². The number of pyridine rings is 1. The Kier molecular flexibility index (Phi) is 2.88. The highest BCUT2D eigenvalue weighted by Gasteiger charge is 2.07. The van der Waals surface area contributed by atoms with Crippen molar-refractivity contribution in [2.45, 2.75) is 6.92 Å². The lowest BCUT2D eigenvalue weighted by Gasteiger charge is -2.02. The number of hydrogen-bond donors (Lipinski definition) is 0. The van der Waals surface area contributed by atoms with Gasteiger partial charge in [0.05, 0.1) is 5.69 Å². The molecule has 0 N–H and O–H groups in total. The van der Waals surface area contributed by atoms with E-state index in [1.54, 1.807) is 12.3 Å². The molecule has 0 aliphatic carbocycles. The van der Waals surface area contributed by atoms with Gasteiger partial charge in [-0.05, 0) is 42.8 Å². The highest BCUT2D eigenvalue weighted by atomic mass is 19.1. The molecule has 3 rings (SSSR count). The molecule has 0 aliphatic rings. The van der Waals surface area contributed by atoms with Crippen LogP contribution in [0.1, 0.15) is 5.56 Å². The molecule has 3 heteroatoms. The third-order valence-electron chi connectivity index (χ3n) is 3.07. The second-order valence-corrected chi connectivity index (χ2v) is 4.46. The summed E-state index contributed by atoms with van der Waals surface area (Å²) in [6, 6.07) is 12.4. The summed E-state index contributed by atoms with van der Waals surface area (Å²) < 4.78 is 15.2. The molecular formula is C16H13FN2. The average molecular weight is 252 g/mol. The van der Waals surface area contributed by atoms with Crippen LogP contribution in [0.4, 0.5) is 4.39 Å². The lowest BCUT2D eigenvalue weighted by Crippen LogP contribution is -1.90. The molecule has 2 heterocycles. The molecule has 0 bridgehead atoms. The average Bonchev–Trinajstić information content (AvgIpc) is 2.82. The molecule has 0 amide bonds. The topological polar surface area (TPSA) is 17.8 Å².